The number of anilines is 2. The number of nitro benzene ring substituents is 1. The molecule has 0 aliphatic carbocycles. The SMILES string of the molecule is CCNC(=O)C(C)Nc1ccc([N+](=O)[O-])c(N)c1. The fourth-order valence-corrected chi connectivity index (χ4v) is 1.45. The second-order valence-electron chi connectivity index (χ2n) is 3.79. The summed E-state index contributed by atoms with van der Waals surface area (Å²) in [5.41, 5.74) is 6.03. The van der Waals surface area contributed by atoms with Gasteiger partial charge in [0.1, 0.15) is 11.7 Å². The van der Waals surface area contributed by atoms with Gasteiger partial charge in [0.15, 0.2) is 0 Å². The van der Waals surface area contributed by atoms with Crippen molar-refractivity contribution in [3.8, 4) is 0 Å². The van der Waals surface area contributed by atoms with E-state index >= 15 is 0 Å². The number of likely N-dealkylation sites (N-methyl/N-ethyl adjacent to an activating group) is 1. The summed E-state index contributed by atoms with van der Waals surface area (Å²) in [6.07, 6.45) is 0. The van der Waals surface area contributed by atoms with E-state index in [1.165, 1.54) is 18.2 Å². The Morgan fingerprint density at radius 1 is 1.56 bits per heavy atom. The Morgan fingerprint density at radius 3 is 2.72 bits per heavy atom. The van der Waals surface area contributed by atoms with Crippen LogP contribution in [0.4, 0.5) is 17.1 Å². The zero-order valence-corrected chi connectivity index (χ0v) is 10.3. The van der Waals surface area contributed by atoms with E-state index < -0.39 is 11.0 Å². The summed E-state index contributed by atoms with van der Waals surface area (Å²) in [4.78, 5) is 21.5. The summed E-state index contributed by atoms with van der Waals surface area (Å²) in [7, 11) is 0. The molecule has 1 unspecified atom stereocenters. The molecule has 1 rings (SSSR count). The van der Waals surface area contributed by atoms with Gasteiger partial charge in [0.25, 0.3) is 5.69 Å². The molecule has 0 saturated heterocycles. The Kier molecular flexibility index (Phi) is 4.47. The molecule has 0 heterocycles. The number of amides is 1. The molecule has 1 amide bonds. The smallest absolute Gasteiger partial charge is 0.292 e. The van der Waals surface area contributed by atoms with Gasteiger partial charge in [-0.15, -0.1) is 0 Å². The first-order chi connectivity index (χ1) is 8.45. The van der Waals surface area contributed by atoms with Crippen molar-refractivity contribution in [1.82, 2.24) is 5.32 Å². The molecular weight excluding hydrogens is 236 g/mol. The summed E-state index contributed by atoms with van der Waals surface area (Å²) in [5.74, 6) is -0.144. The third kappa shape index (κ3) is 3.34. The minimum Gasteiger partial charge on any atom is -0.393 e. The number of nitrogens with two attached hydrogens (primary N) is 1. The maximum atomic E-state index is 11.5. The Morgan fingerprint density at radius 2 is 2.22 bits per heavy atom. The number of carbonyl (C=O) groups excluding carboxylic acids is 1. The highest BCUT2D eigenvalue weighted by Crippen LogP contribution is 2.24. The molecule has 0 radical (unpaired) electrons. The number of hydrogen-bond acceptors (Lipinski definition) is 5. The van der Waals surface area contributed by atoms with Crippen LogP contribution in [0.1, 0.15) is 13.8 Å². The lowest BCUT2D eigenvalue weighted by Gasteiger charge is -2.14. The zero-order chi connectivity index (χ0) is 13.7. The van der Waals surface area contributed by atoms with Crippen LogP contribution in [0.5, 0.6) is 0 Å². The number of nitro groups is 1. The van der Waals surface area contributed by atoms with Crippen LogP contribution < -0.4 is 16.4 Å². The molecule has 0 aliphatic rings. The van der Waals surface area contributed by atoms with Crippen molar-refractivity contribution in [2.24, 2.45) is 0 Å². The van der Waals surface area contributed by atoms with Gasteiger partial charge >= 0.3 is 0 Å². The lowest BCUT2D eigenvalue weighted by molar-refractivity contribution is -0.383. The van der Waals surface area contributed by atoms with Gasteiger partial charge < -0.3 is 16.4 Å². The Balaban J connectivity index is 2.77. The van der Waals surface area contributed by atoms with Crippen molar-refractivity contribution < 1.29 is 9.72 Å². The zero-order valence-electron chi connectivity index (χ0n) is 10.3. The molecule has 0 aliphatic heterocycles. The molecule has 7 nitrogen and oxygen atoms in total. The summed E-state index contributed by atoms with van der Waals surface area (Å²) < 4.78 is 0. The van der Waals surface area contributed by atoms with Crippen LogP contribution in [-0.2, 0) is 4.79 Å². The highest BCUT2D eigenvalue weighted by atomic mass is 16.6. The molecule has 98 valence electrons. The number of carbonyl (C=O) groups is 1. The standard InChI is InChI=1S/C11H16N4O3/c1-3-13-11(16)7(2)14-8-4-5-10(15(17)18)9(12)6-8/h4-7,14H,3,12H2,1-2H3,(H,13,16). The molecule has 18 heavy (non-hydrogen) atoms. The van der Waals surface area contributed by atoms with Crippen LogP contribution in [0.2, 0.25) is 0 Å². The molecule has 1 aromatic rings. The van der Waals surface area contributed by atoms with Gasteiger partial charge in [-0.3, -0.25) is 14.9 Å². The average Bonchev–Trinajstić information content (AvgIpc) is 2.28. The van der Waals surface area contributed by atoms with Crippen LogP contribution in [-0.4, -0.2) is 23.4 Å². The molecule has 4 N–H and O–H groups in total. The van der Waals surface area contributed by atoms with E-state index in [1.54, 1.807) is 6.92 Å². The third-order valence-corrected chi connectivity index (χ3v) is 2.35. The van der Waals surface area contributed by atoms with Crippen LogP contribution >= 0.6 is 0 Å². The van der Waals surface area contributed by atoms with E-state index in [0.29, 0.717) is 12.2 Å². The van der Waals surface area contributed by atoms with Gasteiger partial charge in [0.2, 0.25) is 5.91 Å². The number of hydrogen-bond donors (Lipinski definition) is 3. The van der Waals surface area contributed by atoms with Gasteiger partial charge in [-0.1, -0.05) is 0 Å². The number of benzene rings is 1. The molecule has 1 atom stereocenters. The van der Waals surface area contributed by atoms with Crippen molar-refractivity contribution >= 4 is 23.0 Å². The first-order valence-electron chi connectivity index (χ1n) is 5.53. The molecule has 0 bridgehead atoms. The molecule has 0 saturated carbocycles. The van der Waals surface area contributed by atoms with E-state index in [4.69, 9.17) is 5.73 Å². The Hall–Kier alpha value is -2.31. The van der Waals surface area contributed by atoms with Crippen LogP contribution in [0, 0.1) is 10.1 Å². The third-order valence-electron chi connectivity index (χ3n) is 2.35. The maximum Gasteiger partial charge on any atom is 0.292 e. The second kappa shape index (κ2) is 5.85. The molecular formula is C11H16N4O3. The van der Waals surface area contributed by atoms with Gasteiger partial charge in [0.05, 0.1) is 4.92 Å². The van der Waals surface area contributed by atoms with E-state index in [9.17, 15) is 14.9 Å². The van der Waals surface area contributed by atoms with Crippen LogP contribution in [0.25, 0.3) is 0 Å². The van der Waals surface area contributed by atoms with Crippen molar-refractivity contribution in [2.75, 3.05) is 17.6 Å². The number of nitrogens with zero attached hydrogens (tertiary/aromatic N) is 1. The highest BCUT2D eigenvalue weighted by molar-refractivity contribution is 5.84. The molecule has 7 heteroatoms. The van der Waals surface area contributed by atoms with E-state index in [2.05, 4.69) is 10.6 Å². The second-order valence-corrected chi connectivity index (χ2v) is 3.79. The number of nitrogen functional groups attached to an aromatic ring is 1. The Bertz CT molecular complexity index is 462. The normalized spacial score (nSPS) is 11.7. The van der Waals surface area contributed by atoms with Gasteiger partial charge in [-0.25, -0.2) is 0 Å². The Labute approximate surface area is 105 Å². The highest BCUT2D eigenvalue weighted by Gasteiger charge is 2.14. The molecule has 0 fully saturated rings. The van der Waals surface area contributed by atoms with Gasteiger partial charge in [-0.2, -0.15) is 0 Å². The fraction of sp³-hybridized carbons (Fsp3) is 0.364. The first kappa shape index (κ1) is 13.8. The van der Waals surface area contributed by atoms with E-state index in [1.807, 2.05) is 6.92 Å². The molecule has 0 aromatic heterocycles. The number of nitrogens with one attached hydrogen (secondary N) is 2. The average molecular weight is 252 g/mol. The van der Waals surface area contributed by atoms with Crippen molar-refractivity contribution in [3.05, 3.63) is 28.3 Å². The van der Waals surface area contributed by atoms with Crippen LogP contribution in [0.3, 0.4) is 0 Å². The van der Waals surface area contributed by atoms with Crippen LogP contribution in [0.15, 0.2) is 18.2 Å². The summed E-state index contributed by atoms with van der Waals surface area (Å²) in [6, 6.07) is 3.83. The summed E-state index contributed by atoms with van der Waals surface area (Å²) in [5, 5.41) is 16.2. The van der Waals surface area contributed by atoms with Crippen molar-refractivity contribution in [2.45, 2.75) is 19.9 Å². The maximum absolute atomic E-state index is 11.5. The summed E-state index contributed by atoms with van der Waals surface area (Å²) >= 11 is 0. The minimum atomic E-state index is -0.549. The van der Waals surface area contributed by atoms with Crippen molar-refractivity contribution in [3.63, 3.8) is 0 Å². The largest absolute Gasteiger partial charge is 0.393 e. The number of rotatable bonds is 5. The topological polar surface area (TPSA) is 110 Å². The van der Waals surface area contributed by atoms with Crippen molar-refractivity contribution in [1.29, 1.82) is 0 Å². The minimum absolute atomic E-state index is 0.0631. The summed E-state index contributed by atoms with van der Waals surface area (Å²) in [6.45, 7) is 4.07. The van der Waals surface area contributed by atoms with Gasteiger partial charge in [-0.05, 0) is 26.0 Å². The molecule has 1 aromatic carbocycles. The van der Waals surface area contributed by atoms with Gasteiger partial charge in [0, 0.05) is 18.3 Å². The molecule has 0 spiro atoms. The lowest BCUT2D eigenvalue weighted by atomic mass is 10.2. The predicted octanol–water partition coefficient (Wildman–Crippen LogP) is 1.11. The van der Waals surface area contributed by atoms with E-state index in [-0.39, 0.29) is 17.3 Å². The quantitative estimate of drug-likeness (QED) is 0.413. The van der Waals surface area contributed by atoms with E-state index in [0.717, 1.165) is 0 Å². The predicted molar refractivity (Wildman–Crippen MR) is 69.3 cm³/mol. The first-order valence-corrected chi connectivity index (χ1v) is 5.53. The monoisotopic (exact) mass is 252 g/mol. The fourth-order valence-electron chi connectivity index (χ4n) is 1.45. The lowest BCUT2D eigenvalue weighted by Crippen LogP contribution is -2.37.